The summed E-state index contributed by atoms with van der Waals surface area (Å²) < 4.78 is 0. The van der Waals surface area contributed by atoms with E-state index in [0.717, 1.165) is 5.56 Å². The van der Waals surface area contributed by atoms with Crippen molar-refractivity contribution >= 4 is 29.6 Å². The van der Waals surface area contributed by atoms with Gasteiger partial charge in [0, 0.05) is 10.6 Å². The maximum Gasteiger partial charge on any atom is 0.259 e. The molecule has 0 aliphatic heterocycles. The van der Waals surface area contributed by atoms with Gasteiger partial charge in [-0.1, -0.05) is 41.9 Å². The summed E-state index contributed by atoms with van der Waals surface area (Å²) in [6.07, 6.45) is 1.53. The van der Waals surface area contributed by atoms with Crippen LogP contribution in [-0.4, -0.2) is 24.6 Å². The van der Waals surface area contributed by atoms with Crippen LogP contribution in [0.2, 0.25) is 5.02 Å². The van der Waals surface area contributed by atoms with Crippen LogP contribution in [0.3, 0.4) is 0 Å². The average molecular weight is 316 g/mol. The molecule has 0 aromatic heterocycles. The second kappa shape index (κ2) is 7.95. The van der Waals surface area contributed by atoms with Gasteiger partial charge in [0.25, 0.3) is 11.8 Å². The molecule has 0 aliphatic rings. The first-order valence-electron chi connectivity index (χ1n) is 6.56. The number of rotatable bonds is 5. The van der Waals surface area contributed by atoms with Crippen molar-refractivity contribution in [2.45, 2.75) is 0 Å². The highest BCUT2D eigenvalue weighted by atomic mass is 35.5. The van der Waals surface area contributed by atoms with Crippen molar-refractivity contribution in [1.82, 2.24) is 10.7 Å². The van der Waals surface area contributed by atoms with Gasteiger partial charge in [-0.15, -0.1) is 0 Å². The normalized spacial score (nSPS) is 10.4. The van der Waals surface area contributed by atoms with Crippen LogP contribution in [0.4, 0.5) is 0 Å². The van der Waals surface area contributed by atoms with Gasteiger partial charge >= 0.3 is 0 Å². The predicted molar refractivity (Wildman–Crippen MR) is 86.0 cm³/mol. The molecule has 0 heterocycles. The van der Waals surface area contributed by atoms with Crippen LogP contribution in [0.25, 0.3) is 0 Å². The first kappa shape index (κ1) is 15.7. The van der Waals surface area contributed by atoms with E-state index in [0.29, 0.717) is 10.6 Å². The lowest BCUT2D eigenvalue weighted by atomic mass is 10.2. The number of carbonyl (C=O) groups excluding carboxylic acids is 2. The minimum Gasteiger partial charge on any atom is -0.343 e. The molecule has 0 unspecified atom stereocenters. The first-order valence-corrected chi connectivity index (χ1v) is 6.93. The lowest BCUT2D eigenvalue weighted by molar-refractivity contribution is -0.120. The first-order chi connectivity index (χ1) is 10.6. The van der Waals surface area contributed by atoms with Crippen LogP contribution in [0.15, 0.2) is 59.7 Å². The quantitative estimate of drug-likeness (QED) is 0.656. The van der Waals surface area contributed by atoms with E-state index in [1.165, 1.54) is 6.21 Å². The fourth-order valence-corrected chi connectivity index (χ4v) is 1.75. The number of benzene rings is 2. The fourth-order valence-electron chi connectivity index (χ4n) is 1.62. The molecule has 0 aliphatic carbocycles. The van der Waals surface area contributed by atoms with Gasteiger partial charge in [0.1, 0.15) is 0 Å². The average Bonchev–Trinajstić information content (AvgIpc) is 2.54. The summed E-state index contributed by atoms with van der Waals surface area (Å²) in [6.45, 7) is -0.159. The maximum absolute atomic E-state index is 11.8. The van der Waals surface area contributed by atoms with Gasteiger partial charge in [-0.05, 0) is 29.8 Å². The zero-order valence-electron chi connectivity index (χ0n) is 11.6. The molecular weight excluding hydrogens is 302 g/mol. The highest BCUT2D eigenvalue weighted by Crippen LogP contribution is 2.09. The molecule has 2 rings (SSSR count). The van der Waals surface area contributed by atoms with Crippen molar-refractivity contribution in [1.29, 1.82) is 0 Å². The Hall–Kier alpha value is -2.66. The van der Waals surface area contributed by atoms with E-state index in [9.17, 15) is 9.59 Å². The van der Waals surface area contributed by atoms with Crippen LogP contribution in [0, 0.1) is 0 Å². The molecule has 0 saturated heterocycles. The smallest absolute Gasteiger partial charge is 0.259 e. The molecule has 5 nitrogen and oxygen atoms in total. The number of hydrogen-bond acceptors (Lipinski definition) is 3. The predicted octanol–water partition coefficient (Wildman–Crippen LogP) is 2.22. The molecule has 0 atom stereocenters. The molecule has 0 radical (unpaired) electrons. The molecule has 0 fully saturated rings. The van der Waals surface area contributed by atoms with Gasteiger partial charge in [-0.2, -0.15) is 5.10 Å². The zero-order valence-corrected chi connectivity index (χ0v) is 12.4. The van der Waals surface area contributed by atoms with Crippen molar-refractivity contribution < 1.29 is 9.59 Å². The van der Waals surface area contributed by atoms with Crippen molar-refractivity contribution in [2.75, 3.05) is 6.54 Å². The lowest BCUT2D eigenvalue weighted by Crippen LogP contribution is -2.34. The van der Waals surface area contributed by atoms with Crippen LogP contribution in [-0.2, 0) is 4.79 Å². The molecule has 112 valence electrons. The second-order valence-corrected chi connectivity index (χ2v) is 4.83. The number of nitrogens with zero attached hydrogens (tertiary/aromatic N) is 1. The molecule has 2 aromatic carbocycles. The summed E-state index contributed by atoms with van der Waals surface area (Å²) >= 11 is 5.74. The summed E-state index contributed by atoms with van der Waals surface area (Å²) in [5.74, 6) is -0.756. The summed E-state index contributed by atoms with van der Waals surface area (Å²) in [5, 5.41) is 6.86. The minimum atomic E-state index is -0.408. The molecule has 0 saturated carbocycles. The Bertz CT molecular complexity index is 670. The third-order valence-electron chi connectivity index (χ3n) is 2.72. The van der Waals surface area contributed by atoms with Crippen molar-refractivity contribution in [2.24, 2.45) is 5.10 Å². The highest BCUT2D eigenvalue weighted by Gasteiger charge is 2.07. The number of nitrogens with one attached hydrogen (secondary N) is 2. The Morgan fingerprint density at radius 1 is 1.05 bits per heavy atom. The third-order valence-corrected chi connectivity index (χ3v) is 2.97. The van der Waals surface area contributed by atoms with E-state index < -0.39 is 5.91 Å². The summed E-state index contributed by atoms with van der Waals surface area (Å²) in [4.78, 5) is 23.3. The largest absolute Gasteiger partial charge is 0.343 e. The number of hydrazone groups is 1. The number of halogens is 1. The van der Waals surface area contributed by atoms with E-state index in [2.05, 4.69) is 15.8 Å². The van der Waals surface area contributed by atoms with E-state index in [-0.39, 0.29) is 12.5 Å². The van der Waals surface area contributed by atoms with Gasteiger partial charge in [0.2, 0.25) is 0 Å². The topological polar surface area (TPSA) is 70.6 Å². The number of hydrogen-bond donors (Lipinski definition) is 2. The molecule has 0 spiro atoms. The standard InChI is InChI=1S/C16H14ClN3O2/c17-14-8-6-13(7-9-14)16(22)18-11-15(21)20-19-10-12-4-2-1-3-5-12/h1-10H,11H2,(H,18,22)(H,20,21)/b19-10+. The van der Waals surface area contributed by atoms with Gasteiger partial charge in [-0.3, -0.25) is 9.59 Å². The second-order valence-electron chi connectivity index (χ2n) is 4.39. The molecule has 2 aromatic rings. The summed E-state index contributed by atoms with van der Waals surface area (Å²) in [7, 11) is 0. The molecule has 22 heavy (non-hydrogen) atoms. The Morgan fingerprint density at radius 3 is 2.41 bits per heavy atom. The highest BCUT2D eigenvalue weighted by molar-refractivity contribution is 6.30. The Morgan fingerprint density at radius 2 is 1.73 bits per heavy atom. The minimum absolute atomic E-state index is 0.159. The SMILES string of the molecule is O=C(CNC(=O)c1ccc(Cl)cc1)N/N=C/c1ccccc1. The molecule has 2 N–H and O–H groups in total. The maximum atomic E-state index is 11.8. The molecule has 6 heteroatoms. The fraction of sp³-hybridized carbons (Fsp3) is 0.0625. The zero-order chi connectivity index (χ0) is 15.8. The van der Waals surface area contributed by atoms with Gasteiger partial charge < -0.3 is 5.32 Å². The third kappa shape index (κ3) is 5.03. The summed E-state index contributed by atoms with van der Waals surface area (Å²) in [5.41, 5.74) is 3.65. The van der Waals surface area contributed by atoms with Crippen LogP contribution < -0.4 is 10.7 Å². The summed E-state index contributed by atoms with van der Waals surface area (Å²) in [6, 6.07) is 15.7. The Labute approximate surface area is 133 Å². The van der Waals surface area contributed by atoms with Crippen molar-refractivity contribution in [3.05, 3.63) is 70.7 Å². The van der Waals surface area contributed by atoms with Gasteiger partial charge in [0.15, 0.2) is 0 Å². The van der Waals surface area contributed by atoms with E-state index >= 15 is 0 Å². The van der Waals surface area contributed by atoms with Crippen LogP contribution in [0.1, 0.15) is 15.9 Å². The Balaban J connectivity index is 1.77. The van der Waals surface area contributed by atoms with Gasteiger partial charge in [0.05, 0.1) is 12.8 Å². The Kier molecular flexibility index (Phi) is 5.68. The number of carbonyl (C=O) groups is 2. The van der Waals surface area contributed by atoms with Gasteiger partial charge in [-0.25, -0.2) is 5.43 Å². The molecule has 0 bridgehead atoms. The van der Waals surface area contributed by atoms with E-state index in [1.807, 2.05) is 30.3 Å². The lowest BCUT2D eigenvalue weighted by Gasteiger charge is -2.04. The van der Waals surface area contributed by atoms with Crippen molar-refractivity contribution in [3.8, 4) is 0 Å². The van der Waals surface area contributed by atoms with E-state index in [1.54, 1.807) is 24.3 Å². The van der Waals surface area contributed by atoms with Crippen LogP contribution in [0.5, 0.6) is 0 Å². The number of amides is 2. The monoisotopic (exact) mass is 315 g/mol. The van der Waals surface area contributed by atoms with Crippen molar-refractivity contribution in [3.63, 3.8) is 0 Å². The molecular formula is C16H14ClN3O2. The van der Waals surface area contributed by atoms with Crippen LogP contribution >= 0.6 is 11.6 Å². The molecule has 2 amide bonds. The van der Waals surface area contributed by atoms with E-state index in [4.69, 9.17) is 11.6 Å².